The first kappa shape index (κ1) is 40.8. The predicted molar refractivity (Wildman–Crippen MR) is 243 cm³/mol. The van der Waals surface area contributed by atoms with Crippen molar-refractivity contribution in [2.45, 2.75) is 296 Å². The second-order valence-corrected chi connectivity index (χ2v) is 16.7. The first-order chi connectivity index (χ1) is 31.5. The number of carbonyl (C=O) groups excluding carboxylic acids is 3. The van der Waals surface area contributed by atoms with E-state index in [1.54, 1.807) is 0 Å². The summed E-state index contributed by atoms with van der Waals surface area (Å²) in [7, 11) is 0. The van der Waals surface area contributed by atoms with Crippen molar-refractivity contribution in [1.82, 2.24) is 0 Å². The molecule has 0 saturated carbocycles. The molecular formula is C51H98O6. The summed E-state index contributed by atoms with van der Waals surface area (Å²) in [5.74, 6) is -1.05. The van der Waals surface area contributed by atoms with Gasteiger partial charge in [0.05, 0.1) is 0 Å². The van der Waals surface area contributed by atoms with Gasteiger partial charge in [0.2, 0.25) is 0 Å². The van der Waals surface area contributed by atoms with Crippen LogP contribution in [0.1, 0.15) is 303 Å². The number of hydrogen-bond acceptors (Lipinski definition) is 6. The van der Waals surface area contributed by atoms with Crippen LogP contribution in [0.3, 0.4) is 0 Å². The number of unbranched alkanes of at least 4 members (excludes halogenated alkanes) is 33. The average Bonchev–Trinajstić information content (AvgIpc) is 3.23. The largest absolute Gasteiger partial charge is 0.462 e. The molecule has 0 fully saturated rings. The van der Waals surface area contributed by atoms with Crippen LogP contribution >= 0.6 is 0 Å². The van der Waals surface area contributed by atoms with Gasteiger partial charge < -0.3 is 14.2 Å². The van der Waals surface area contributed by atoms with Crippen molar-refractivity contribution in [2.75, 3.05) is 13.2 Å². The van der Waals surface area contributed by atoms with Crippen molar-refractivity contribution in [2.24, 2.45) is 0 Å². The minimum Gasteiger partial charge on any atom is -0.462 e. The van der Waals surface area contributed by atoms with Gasteiger partial charge in [0, 0.05) is 31.6 Å². The zero-order chi connectivity index (χ0) is 49.0. The van der Waals surface area contributed by atoms with Crippen LogP contribution in [0.25, 0.3) is 0 Å². The van der Waals surface area contributed by atoms with Gasteiger partial charge in [-0.2, -0.15) is 0 Å². The fraction of sp³-hybridized carbons (Fsp3) is 0.941. The highest BCUT2D eigenvalue weighted by atomic mass is 16.6. The second kappa shape index (κ2) is 47.1. The predicted octanol–water partition coefficient (Wildman–Crippen LogP) is 16.4. The van der Waals surface area contributed by atoms with Gasteiger partial charge >= 0.3 is 17.9 Å². The zero-order valence-corrected chi connectivity index (χ0v) is 37.1. The highest BCUT2D eigenvalue weighted by Gasteiger charge is 2.19. The van der Waals surface area contributed by atoms with E-state index in [2.05, 4.69) is 0 Å². The molecule has 0 aromatic rings. The van der Waals surface area contributed by atoms with Crippen LogP contribution < -0.4 is 0 Å². The Bertz CT molecular complexity index is 1070. The summed E-state index contributed by atoms with van der Waals surface area (Å²) in [6.07, 6.45) is 39.1. The first-order valence-corrected chi connectivity index (χ1v) is 24.5. The van der Waals surface area contributed by atoms with Gasteiger partial charge in [0.1, 0.15) is 13.2 Å². The fourth-order valence-corrected chi connectivity index (χ4v) is 7.36. The third-order valence-electron chi connectivity index (χ3n) is 11.1. The van der Waals surface area contributed by atoms with Gasteiger partial charge in [-0.15, -0.1) is 0 Å². The Morgan fingerprint density at radius 3 is 0.772 bits per heavy atom. The lowest BCUT2D eigenvalue weighted by Crippen LogP contribution is -2.30. The van der Waals surface area contributed by atoms with Crippen molar-refractivity contribution in [3.05, 3.63) is 0 Å². The van der Waals surface area contributed by atoms with Crippen LogP contribution in [0.2, 0.25) is 0 Å². The molecule has 0 amide bonds. The van der Waals surface area contributed by atoms with Gasteiger partial charge in [-0.3, -0.25) is 14.4 Å². The summed E-state index contributed by atoms with van der Waals surface area (Å²) in [6, 6.07) is 0. The summed E-state index contributed by atoms with van der Waals surface area (Å²) < 4.78 is 82.2. The standard InChI is InChI=1S/C51H98O6/c1-4-7-10-13-16-19-22-25-28-31-34-37-40-43-49(52)55-46-48(57-51(54)45-42-39-36-33-30-27-24-21-18-15-12-9-6-3)47-56-50(53)44-41-38-35-32-29-26-23-20-17-14-11-8-5-2/h48H,4-47H2,1-3H3/i1D3,2D3,3D3. The molecule has 0 aliphatic heterocycles. The summed E-state index contributed by atoms with van der Waals surface area (Å²) in [4.78, 5) is 38.0. The molecule has 6 nitrogen and oxygen atoms in total. The van der Waals surface area contributed by atoms with E-state index < -0.39 is 26.7 Å². The molecule has 0 spiro atoms. The van der Waals surface area contributed by atoms with Gasteiger partial charge in [-0.25, -0.2) is 0 Å². The average molecular weight is 816 g/mol. The summed E-state index contributed by atoms with van der Waals surface area (Å²) in [5, 5.41) is 0. The maximum Gasteiger partial charge on any atom is 0.306 e. The van der Waals surface area contributed by atoms with E-state index in [0.29, 0.717) is 38.5 Å². The molecule has 0 aromatic carbocycles. The number of ether oxygens (including phenoxy) is 3. The molecule has 0 aliphatic carbocycles. The molecular weight excluding hydrogens is 709 g/mol. The molecule has 0 unspecified atom stereocenters. The van der Waals surface area contributed by atoms with Crippen LogP contribution in [0.15, 0.2) is 0 Å². The number of hydrogen-bond donors (Lipinski definition) is 0. The Balaban J connectivity index is 4.35. The van der Waals surface area contributed by atoms with E-state index in [-0.39, 0.29) is 37.5 Å². The van der Waals surface area contributed by atoms with Crippen molar-refractivity contribution in [1.29, 1.82) is 0 Å². The SMILES string of the molecule is [2H]C([2H])([2H])CCCCCCCCCCCCCCC(=O)OCC(COC(=O)CCCCCCCCCCCCCCC([2H])([2H])[2H])OC(=O)CCCCCCCCCCCCCCC([2H])([2H])[2H]. The maximum atomic E-state index is 12.8. The highest BCUT2D eigenvalue weighted by molar-refractivity contribution is 5.71. The normalized spacial score (nSPS) is 14.4. The Morgan fingerprint density at radius 2 is 0.526 bits per heavy atom. The van der Waals surface area contributed by atoms with Crippen molar-refractivity contribution >= 4 is 17.9 Å². The lowest BCUT2D eigenvalue weighted by Gasteiger charge is -2.18. The van der Waals surface area contributed by atoms with Gasteiger partial charge in [0.15, 0.2) is 6.10 Å². The quantitative estimate of drug-likeness (QED) is 0.0346. The lowest BCUT2D eigenvalue weighted by molar-refractivity contribution is -0.167. The van der Waals surface area contributed by atoms with Crippen LogP contribution in [-0.2, 0) is 28.6 Å². The van der Waals surface area contributed by atoms with Crippen LogP contribution in [0, 0.1) is 0 Å². The Hall–Kier alpha value is -1.59. The van der Waals surface area contributed by atoms with Crippen LogP contribution in [0.4, 0.5) is 0 Å². The van der Waals surface area contributed by atoms with Crippen molar-refractivity contribution in [3.8, 4) is 0 Å². The summed E-state index contributed by atoms with van der Waals surface area (Å²) in [5.41, 5.74) is 0. The smallest absolute Gasteiger partial charge is 0.306 e. The van der Waals surface area contributed by atoms with E-state index in [0.717, 1.165) is 135 Å². The molecule has 338 valence electrons. The maximum absolute atomic E-state index is 12.8. The molecule has 0 bridgehead atoms. The fourth-order valence-electron chi connectivity index (χ4n) is 7.36. The van der Waals surface area contributed by atoms with Crippen LogP contribution in [-0.4, -0.2) is 37.2 Å². The molecule has 0 aliphatic rings. The van der Waals surface area contributed by atoms with Crippen molar-refractivity contribution < 1.29 is 40.9 Å². The van der Waals surface area contributed by atoms with E-state index in [4.69, 9.17) is 26.5 Å². The lowest BCUT2D eigenvalue weighted by atomic mass is 10.0. The molecule has 0 radical (unpaired) electrons. The van der Waals surface area contributed by atoms with E-state index in [1.807, 2.05) is 0 Å². The third-order valence-corrected chi connectivity index (χ3v) is 11.1. The van der Waals surface area contributed by atoms with Gasteiger partial charge in [-0.05, 0) is 19.3 Å². The zero-order valence-electron chi connectivity index (χ0n) is 46.1. The molecule has 6 heteroatoms. The van der Waals surface area contributed by atoms with Gasteiger partial charge in [-0.1, -0.05) is 252 Å². The first-order valence-electron chi connectivity index (χ1n) is 29.0. The molecule has 0 aromatic heterocycles. The minimum atomic E-state index is -1.80. The topological polar surface area (TPSA) is 78.9 Å². The monoisotopic (exact) mass is 816 g/mol. The van der Waals surface area contributed by atoms with Crippen LogP contribution in [0.5, 0.6) is 0 Å². The highest BCUT2D eigenvalue weighted by Crippen LogP contribution is 2.16. The molecule has 57 heavy (non-hydrogen) atoms. The minimum absolute atomic E-state index is 0.135. The Labute approximate surface area is 367 Å². The van der Waals surface area contributed by atoms with Crippen molar-refractivity contribution in [3.63, 3.8) is 0 Å². The molecule has 0 saturated heterocycles. The molecule has 0 rings (SSSR count). The number of carbonyl (C=O) groups is 3. The number of rotatable bonds is 47. The summed E-state index contributed by atoms with van der Waals surface area (Å²) in [6.45, 7) is -5.67. The van der Waals surface area contributed by atoms with Gasteiger partial charge in [0.25, 0.3) is 0 Å². The second-order valence-electron chi connectivity index (χ2n) is 16.7. The summed E-state index contributed by atoms with van der Waals surface area (Å²) >= 11 is 0. The molecule has 0 N–H and O–H groups in total. The number of esters is 3. The third kappa shape index (κ3) is 45.3. The Kier molecular flexibility index (Phi) is 33.7. The van der Waals surface area contributed by atoms with E-state index in [1.165, 1.54) is 89.9 Å². The molecule has 0 heterocycles. The van der Waals surface area contributed by atoms with E-state index in [9.17, 15) is 14.4 Å². The van der Waals surface area contributed by atoms with E-state index >= 15 is 0 Å². The molecule has 0 atom stereocenters. The Morgan fingerprint density at radius 1 is 0.316 bits per heavy atom.